The molecule has 0 saturated carbocycles. The third-order valence-electron chi connectivity index (χ3n) is 3.83. The highest BCUT2D eigenvalue weighted by Crippen LogP contribution is 2.37. The summed E-state index contributed by atoms with van der Waals surface area (Å²) in [5, 5.41) is 2.99. The Balaban J connectivity index is 1.76. The van der Waals surface area contributed by atoms with E-state index in [4.69, 9.17) is 14.2 Å². The highest BCUT2D eigenvalue weighted by molar-refractivity contribution is 9.10. The minimum atomic E-state index is -0.190. The van der Waals surface area contributed by atoms with Crippen molar-refractivity contribution in [2.45, 2.75) is 13.0 Å². The Morgan fingerprint density at radius 2 is 1.79 bits per heavy atom. The summed E-state index contributed by atoms with van der Waals surface area (Å²) in [6, 6.07) is 10.6. The largest absolute Gasteiger partial charge is 0.497 e. The third-order valence-corrected chi connectivity index (χ3v) is 4.51. The highest BCUT2D eigenvalue weighted by atomic mass is 79.9. The molecule has 0 bridgehead atoms. The van der Waals surface area contributed by atoms with Gasteiger partial charge < -0.3 is 19.5 Å². The van der Waals surface area contributed by atoms with Gasteiger partial charge in [0, 0.05) is 10.0 Å². The SMILES string of the molecule is COc1ccc(C(=O)N[C@@H](C)c2cc3c(cc2Br)OCCO3)cc1. The lowest BCUT2D eigenvalue weighted by Crippen LogP contribution is -2.27. The summed E-state index contributed by atoms with van der Waals surface area (Å²) < 4.78 is 17.1. The van der Waals surface area contributed by atoms with Crippen LogP contribution in [0.4, 0.5) is 0 Å². The van der Waals surface area contributed by atoms with Gasteiger partial charge in [0.05, 0.1) is 13.2 Å². The molecule has 3 rings (SSSR count). The van der Waals surface area contributed by atoms with E-state index in [1.165, 1.54) is 0 Å². The predicted octanol–water partition coefficient (Wildman–Crippen LogP) is 3.72. The number of fused-ring (bicyclic) bond motifs is 1. The zero-order valence-corrected chi connectivity index (χ0v) is 15.1. The molecule has 1 aliphatic rings. The molecule has 5 nitrogen and oxygen atoms in total. The molecule has 0 spiro atoms. The first-order chi connectivity index (χ1) is 11.6. The number of carbonyl (C=O) groups excluding carboxylic acids is 1. The topological polar surface area (TPSA) is 56.8 Å². The summed E-state index contributed by atoms with van der Waals surface area (Å²) in [6.45, 7) is 3.00. The lowest BCUT2D eigenvalue weighted by atomic mass is 10.1. The molecule has 0 saturated heterocycles. The first kappa shape index (κ1) is 16.6. The Hall–Kier alpha value is -2.21. The molecule has 0 fully saturated rings. The molecule has 0 radical (unpaired) electrons. The number of rotatable bonds is 4. The van der Waals surface area contributed by atoms with Gasteiger partial charge in [-0.2, -0.15) is 0 Å². The zero-order valence-electron chi connectivity index (χ0n) is 13.5. The monoisotopic (exact) mass is 391 g/mol. The van der Waals surface area contributed by atoms with Gasteiger partial charge in [-0.15, -0.1) is 0 Å². The normalized spacial score (nSPS) is 14.0. The van der Waals surface area contributed by atoms with E-state index in [0.29, 0.717) is 36.0 Å². The van der Waals surface area contributed by atoms with Gasteiger partial charge in [-0.3, -0.25) is 4.79 Å². The van der Waals surface area contributed by atoms with Crippen LogP contribution < -0.4 is 19.5 Å². The molecule has 2 aromatic carbocycles. The van der Waals surface area contributed by atoms with E-state index in [1.807, 2.05) is 19.1 Å². The molecule has 24 heavy (non-hydrogen) atoms. The first-order valence-corrected chi connectivity index (χ1v) is 8.41. The van der Waals surface area contributed by atoms with E-state index in [9.17, 15) is 4.79 Å². The number of halogens is 1. The van der Waals surface area contributed by atoms with E-state index >= 15 is 0 Å². The van der Waals surface area contributed by atoms with Crippen LogP contribution in [-0.4, -0.2) is 26.2 Å². The van der Waals surface area contributed by atoms with E-state index in [0.717, 1.165) is 10.0 Å². The second kappa shape index (κ2) is 7.13. The molecule has 1 atom stereocenters. The Bertz CT molecular complexity index is 745. The van der Waals surface area contributed by atoms with Crippen LogP contribution in [0.15, 0.2) is 40.9 Å². The molecule has 0 aromatic heterocycles. The van der Waals surface area contributed by atoms with Gasteiger partial charge in [0.15, 0.2) is 11.5 Å². The van der Waals surface area contributed by atoms with Crippen molar-refractivity contribution in [1.29, 1.82) is 0 Å². The van der Waals surface area contributed by atoms with Crippen molar-refractivity contribution >= 4 is 21.8 Å². The Morgan fingerprint density at radius 3 is 2.42 bits per heavy atom. The van der Waals surface area contributed by atoms with Crippen molar-refractivity contribution < 1.29 is 19.0 Å². The summed E-state index contributed by atoms with van der Waals surface area (Å²) in [5.41, 5.74) is 1.51. The van der Waals surface area contributed by atoms with Crippen molar-refractivity contribution in [2.24, 2.45) is 0 Å². The number of benzene rings is 2. The molecule has 0 unspecified atom stereocenters. The second-order valence-electron chi connectivity index (χ2n) is 5.44. The average Bonchev–Trinajstić information content (AvgIpc) is 2.61. The zero-order chi connectivity index (χ0) is 17.1. The summed E-state index contributed by atoms with van der Waals surface area (Å²) in [6.07, 6.45) is 0. The maximum absolute atomic E-state index is 12.4. The molecule has 1 aliphatic heterocycles. The quantitative estimate of drug-likeness (QED) is 0.862. The second-order valence-corrected chi connectivity index (χ2v) is 6.30. The first-order valence-electron chi connectivity index (χ1n) is 7.62. The maximum Gasteiger partial charge on any atom is 0.251 e. The number of nitrogens with one attached hydrogen (secondary N) is 1. The number of hydrogen-bond donors (Lipinski definition) is 1. The van der Waals surface area contributed by atoms with Crippen molar-refractivity contribution in [3.8, 4) is 17.2 Å². The molecule has 1 amide bonds. The molecule has 126 valence electrons. The number of methoxy groups -OCH3 is 1. The number of amides is 1. The van der Waals surface area contributed by atoms with Crippen molar-refractivity contribution in [2.75, 3.05) is 20.3 Å². The summed E-state index contributed by atoms with van der Waals surface area (Å²) in [4.78, 5) is 12.4. The van der Waals surface area contributed by atoms with Crippen LogP contribution in [0.3, 0.4) is 0 Å². The number of hydrogen-bond acceptors (Lipinski definition) is 4. The van der Waals surface area contributed by atoms with Crippen LogP contribution in [0.2, 0.25) is 0 Å². The number of ether oxygens (including phenoxy) is 3. The Kier molecular flexibility index (Phi) is 4.94. The Labute approximate surface area is 149 Å². The number of carbonyl (C=O) groups is 1. The summed E-state index contributed by atoms with van der Waals surface area (Å²) >= 11 is 3.54. The summed E-state index contributed by atoms with van der Waals surface area (Å²) in [5.74, 6) is 1.98. The molecule has 1 N–H and O–H groups in total. The molecule has 1 heterocycles. The fourth-order valence-electron chi connectivity index (χ4n) is 2.51. The average molecular weight is 392 g/mol. The van der Waals surface area contributed by atoms with E-state index < -0.39 is 0 Å². The highest BCUT2D eigenvalue weighted by Gasteiger charge is 2.19. The maximum atomic E-state index is 12.4. The van der Waals surface area contributed by atoms with Gasteiger partial charge in [0.25, 0.3) is 5.91 Å². The predicted molar refractivity (Wildman–Crippen MR) is 94.0 cm³/mol. The van der Waals surface area contributed by atoms with Crippen LogP contribution in [-0.2, 0) is 0 Å². The molecule has 6 heteroatoms. The molecule has 2 aromatic rings. The molecular weight excluding hydrogens is 374 g/mol. The van der Waals surface area contributed by atoms with Crippen molar-refractivity contribution in [1.82, 2.24) is 5.32 Å². The fourth-order valence-corrected chi connectivity index (χ4v) is 3.18. The van der Waals surface area contributed by atoms with Gasteiger partial charge >= 0.3 is 0 Å². The summed E-state index contributed by atoms with van der Waals surface area (Å²) in [7, 11) is 1.59. The van der Waals surface area contributed by atoms with Crippen LogP contribution in [0.25, 0.3) is 0 Å². The van der Waals surface area contributed by atoms with E-state index in [-0.39, 0.29) is 11.9 Å². The minimum Gasteiger partial charge on any atom is -0.497 e. The van der Waals surface area contributed by atoms with Crippen molar-refractivity contribution in [3.05, 3.63) is 52.0 Å². The van der Waals surface area contributed by atoms with Gasteiger partial charge in [0.1, 0.15) is 19.0 Å². The van der Waals surface area contributed by atoms with E-state index in [2.05, 4.69) is 21.2 Å². The fraction of sp³-hybridized carbons (Fsp3) is 0.278. The van der Waals surface area contributed by atoms with Gasteiger partial charge in [0.2, 0.25) is 0 Å². The van der Waals surface area contributed by atoms with E-state index in [1.54, 1.807) is 31.4 Å². The van der Waals surface area contributed by atoms with Gasteiger partial charge in [-0.25, -0.2) is 0 Å². The standard InChI is InChI=1S/C18H18BrNO4/c1-11(20-18(21)12-3-5-13(22-2)6-4-12)14-9-16-17(10-15(14)19)24-8-7-23-16/h3-6,9-11H,7-8H2,1-2H3,(H,20,21)/t11-/m0/s1. The van der Waals surface area contributed by atoms with Crippen molar-refractivity contribution in [3.63, 3.8) is 0 Å². The van der Waals surface area contributed by atoms with Gasteiger partial charge in [-0.1, -0.05) is 15.9 Å². The van der Waals surface area contributed by atoms with Crippen LogP contribution >= 0.6 is 15.9 Å². The van der Waals surface area contributed by atoms with Crippen LogP contribution in [0.1, 0.15) is 28.9 Å². The van der Waals surface area contributed by atoms with Gasteiger partial charge in [-0.05, 0) is 48.9 Å². The molecule has 0 aliphatic carbocycles. The Morgan fingerprint density at radius 1 is 1.17 bits per heavy atom. The lowest BCUT2D eigenvalue weighted by molar-refractivity contribution is 0.0939. The van der Waals surface area contributed by atoms with Crippen LogP contribution in [0, 0.1) is 0 Å². The smallest absolute Gasteiger partial charge is 0.251 e. The third kappa shape index (κ3) is 3.48. The van der Waals surface area contributed by atoms with Crippen LogP contribution in [0.5, 0.6) is 17.2 Å². The lowest BCUT2D eigenvalue weighted by Gasteiger charge is -2.22. The minimum absolute atomic E-state index is 0.146. The molecular formula is C18H18BrNO4.